The van der Waals surface area contributed by atoms with E-state index in [2.05, 4.69) is 0 Å². The van der Waals surface area contributed by atoms with E-state index in [9.17, 15) is 13.5 Å². The first-order chi connectivity index (χ1) is 8.46. The van der Waals surface area contributed by atoms with Crippen LogP contribution in [0.5, 0.6) is 0 Å². The SMILES string of the molecule is Cc1cc(N)ccc1S(=O)(=O)N1CCCC1CO. The summed E-state index contributed by atoms with van der Waals surface area (Å²) >= 11 is 0. The molecule has 1 aliphatic heterocycles. The molecule has 5 nitrogen and oxygen atoms in total. The molecule has 0 saturated carbocycles. The Morgan fingerprint density at radius 3 is 2.83 bits per heavy atom. The lowest BCUT2D eigenvalue weighted by molar-refractivity contribution is 0.213. The van der Waals surface area contributed by atoms with Crippen molar-refractivity contribution in [3.05, 3.63) is 23.8 Å². The molecule has 100 valence electrons. The molecule has 0 bridgehead atoms. The molecule has 1 aromatic carbocycles. The molecule has 1 aromatic rings. The van der Waals surface area contributed by atoms with Crippen LogP contribution >= 0.6 is 0 Å². The van der Waals surface area contributed by atoms with Crippen molar-refractivity contribution in [3.63, 3.8) is 0 Å². The fraction of sp³-hybridized carbons (Fsp3) is 0.500. The van der Waals surface area contributed by atoms with Crippen LogP contribution in [0.3, 0.4) is 0 Å². The Kier molecular flexibility index (Phi) is 3.61. The summed E-state index contributed by atoms with van der Waals surface area (Å²) in [6.45, 7) is 2.07. The Labute approximate surface area is 107 Å². The summed E-state index contributed by atoms with van der Waals surface area (Å²) in [5, 5.41) is 9.23. The molecule has 0 radical (unpaired) electrons. The summed E-state index contributed by atoms with van der Waals surface area (Å²) in [7, 11) is -3.53. The largest absolute Gasteiger partial charge is 0.399 e. The lowest BCUT2D eigenvalue weighted by atomic mass is 10.2. The number of rotatable bonds is 3. The van der Waals surface area contributed by atoms with Gasteiger partial charge in [-0.1, -0.05) is 0 Å². The van der Waals surface area contributed by atoms with E-state index in [1.54, 1.807) is 19.1 Å². The lowest BCUT2D eigenvalue weighted by Crippen LogP contribution is -2.37. The summed E-state index contributed by atoms with van der Waals surface area (Å²) in [5.74, 6) is 0. The molecule has 6 heteroatoms. The van der Waals surface area contributed by atoms with Crippen LogP contribution in [0, 0.1) is 6.92 Å². The minimum Gasteiger partial charge on any atom is -0.399 e. The van der Waals surface area contributed by atoms with Crippen LogP contribution < -0.4 is 5.73 Å². The normalized spacial score (nSPS) is 21.3. The van der Waals surface area contributed by atoms with Crippen molar-refractivity contribution in [1.82, 2.24) is 4.31 Å². The number of hydrogen-bond acceptors (Lipinski definition) is 4. The molecule has 1 aliphatic rings. The molecular weight excluding hydrogens is 252 g/mol. The number of nitrogens with two attached hydrogens (primary N) is 1. The molecule has 1 heterocycles. The molecule has 1 saturated heterocycles. The van der Waals surface area contributed by atoms with Crippen LogP contribution in [0.25, 0.3) is 0 Å². The second kappa shape index (κ2) is 4.87. The fourth-order valence-electron chi connectivity index (χ4n) is 2.40. The van der Waals surface area contributed by atoms with Crippen molar-refractivity contribution in [1.29, 1.82) is 0 Å². The highest BCUT2D eigenvalue weighted by Crippen LogP contribution is 2.28. The smallest absolute Gasteiger partial charge is 0.243 e. The minimum atomic E-state index is -3.53. The van der Waals surface area contributed by atoms with Gasteiger partial charge in [0.05, 0.1) is 11.5 Å². The van der Waals surface area contributed by atoms with Crippen molar-refractivity contribution in [2.75, 3.05) is 18.9 Å². The number of aliphatic hydroxyl groups excluding tert-OH is 1. The monoisotopic (exact) mass is 270 g/mol. The molecule has 1 unspecified atom stereocenters. The number of sulfonamides is 1. The number of aliphatic hydroxyl groups is 1. The van der Waals surface area contributed by atoms with Gasteiger partial charge in [-0.05, 0) is 43.5 Å². The zero-order valence-corrected chi connectivity index (χ0v) is 11.2. The number of nitrogens with zero attached hydrogens (tertiary/aromatic N) is 1. The number of nitrogen functional groups attached to an aromatic ring is 1. The second-order valence-electron chi connectivity index (χ2n) is 4.62. The van der Waals surface area contributed by atoms with Crippen LogP contribution in [-0.4, -0.2) is 37.0 Å². The highest BCUT2D eigenvalue weighted by molar-refractivity contribution is 7.89. The number of aryl methyl sites for hydroxylation is 1. The zero-order chi connectivity index (χ0) is 13.3. The van der Waals surface area contributed by atoms with E-state index in [4.69, 9.17) is 5.73 Å². The Morgan fingerprint density at radius 1 is 1.50 bits per heavy atom. The topological polar surface area (TPSA) is 83.6 Å². The van der Waals surface area contributed by atoms with E-state index in [0.717, 1.165) is 6.42 Å². The van der Waals surface area contributed by atoms with E-state index in [0.29, 0.717) is 24.2 Å². The number of anilines is 1. The molecule has 0 spiro atoms. The zero-order valence-electron chi connectivity index (χ0n) is 10.3. The van der Waals surface area contributed by atoms with Gasteiger partial charge >= 0.3 is 0 Å². The maximum atomic E-state index is 12.5. The number of benzene rings is 1. The van der Waals surface area contributed by atoms with Gasteiger partial charge < -0.3 is 10.8 Å². The highest BCUT2D eigenvalue weighted by Gasteiger charge is 2.35. The first kappa shape index (κ1) is 13.3. The van der Waals surface area contributed by atoms with Gasteiger partial charge in [-0.15, -0.1) is 0 Å². The Bertz CT molecular complexity index is 542. The third-order valence-corrected chi connectivity index (χ3v) is 5.43. The van der Waals surface area contributed by atoms with Gasteiger partial charge in [-0.25, -0.2) is 8.42 Å². The van der Waals surface area contributed by atoms with Crippen molar-refractivity contribution in [2.45, 2.75) is 30.7 Å². The first-order valence-electron chi connectivity index (χ1n) is 5.95. The van der Waals surface area contributed by atoms with Crippen molar-refractivity contribution in [3.8, 4) is 0 Å². The molecule has 1 fully saturated rings. The average Bonchev–Trinajstić information content (AvgIpc) is 2.76. The fourth-order valence-corrected chi connectivity index (χ4v) is 4.29. The maximum absolute atomic E-state index is 12.5. The van der Waals surface area contributed by atoms with Gasteiger partial charge in [0.1, 0.15) is 0 Å². The van der Waals surface area contributed by atoms with Gasteiger partial charge in [0, 0.05) is 18.3 Å². The predicted octanol–water partition coefficient (Wildman–Crippen LogP) is 0.723. The van der Waals surface area contributed by atoms with Gasteiger partial charge in [-0.2, -0.15) is 4.31 Å². The Morgan fingerprint density at radius 2 is 2.22 bits per heavy atom. The van der Waals surface area contributed by atoms with E-state index in [-0.39, 0.29) is 17.5 Å². The minimum absolute atomic E-state index is 0.132. The highest BCUT2D eigenvalue weighted by atomic mass is 32.2. The van der Waals surface area contributed by atoms with Crippen LogP contribution in [0.2, 0.25) is 0 Å². The predicted molar refractivity (Wildman–Crippen MR) is 69.6 cm³/mol. The summed E-state index contributed by atoms with van der Waals surface area (Å²) < 4.78 is 26.4. The summed E-state index contributed by atoms with van der Waals surface area (Å²) in [6.07, 6.45) is 1.50. The van der Waals surface area contributed by atoms with E-state index < -0.39 is 10.0 Å². The molecule has 2 rings (SSSR count). The molecule has 3 N–H and O–H groups in total. The molecule has 0 aromatic heterocycles. The lowest BCUT2D eigenvalue weighted by Gasteiger charge is -2.23. The van der Waals surface area contributed by atoms with Crippen LogP contribution in [0.4, 0.5) is 5.69 Å². The Balaban J connectivity index is 2.42. The van der Waals surface area contributed by atoms with Crippen molar-refractivity contribution >= 4 is 15.7 Å². The van der Waals surface area contributed by atoms with Gasteiger partial charge in [0.2, 0.25) is 10.0 Å². The van der Waals surface area contributed by atoms with Gasteiger partial charge in [0.15, 0.2) is 0 Å². The maximum Gasteiger partial charge on any atom is 0.243 e. The van der Waals surface area contributed by atoms with E-state index >= 15 is 0 Å². The standard InChI is InChI=1S/C12H18N2O3S/c1-9-7-10(13)4-5-12(9)18(16,17)14-6-2-3-11(14)8-15/h4-5,7,11,15H,2-3,6,8,13H2,1H3. The second-order valence-corrected chi connectivity index (χ2v) is 6.48. The van der Waals surface area contributed by atoms with E-state index in [1.807, 2.05) is 0 Å². The Hall–Kier alpha value is -1.11. The molecule has 1 atom stereocenters. The van der Waals surface area contributed by atoms with Crippen LogP contribution in [-0.2, 0) is 10.0 Å². The first-order valence-corrected chi connectivity index (χ1v) is 7.39. The summed E-state index contributed by atoms with van der Waals surface area (Å²) in [5.41, 5.74) is 6.81. The third-order valence-electron chi connectivity index (χ3n) is 3.32. The average molecular weight is 270 g/mol. The van der Waals surface area contributed by atoms with Gasteiger partial charge in [-0.3, -0.25) is 0 Å². The molecule has 0 aliphatic carbocycles. The molecular formula is C12H18N2O3S. The molecule has 0 amide bonds. The molecule has 18 heavy (non-hydrogen) atoms. The summed E-state index contributed by atoms with van der Waals surface area (Å²) in [6, 6.07) is 4.47. The van der Waals surface area contributed by atoms with E-state index in [1.165, 1.54) is 10.4 Å². The third kappa shape index (κ3) is 2.23. The van der Waals surface area contributed by atoms with Crippen molar-refractivity contribution < 1.29 is 13.5 Å². The number of hydrogen-bond donors (Lipinski definition) is 2. The van der Waals surface area contributed by atoms with Crippen LogP contribution in [0.15, 0.2) is 23.1 Å². The quantitative estimate of drug-likeness (QED) is 0.793. The summed E-state index contributed by atoms with van der Waals surface area (Å²) in [4.78, 5) is 0.275. The van der Waals surface area contributed by atoms with Crippen molar-refractivity contribution in [2.24, 2.45) is 0 Å². The van der Waals surface area contributed by atoms with Gasteiger partial charge in [0.25, 0.3) is 0 Å². The van der Waals surface area contributed by atoms with Crippen LogP contribution in [0.1, 0.15) is 18.4 Å².